The van der Waals surface area contributed by atoms with Crippen LogP contribution in [0.3, 0.4) is 0 Å². The first-order valence-corrected chi connectivity index (χ1v) is 8.10. The minimum absolute atomic E-state index is 0.0943. The number of carbonyl (C=O) groups excluding carboxylic acids is 2. The molecule has 3 unspecified atom stereocenters. The number of piperidine rings is 1. The Hall–Kier alpha value is -1.47. The predicted molar refractivity (Wildman–Crippen MR) is 69.0 cm³/mol. The Balaban J connectivity index is 1.62. The Morgan fingerprint density at radius 2 is 2.09 bits per heavy atom. The van der Waals surface area contributed by atoms with E-state index in [4.69, 9.17) is 15.1 Å². The summed E-state index contributed by atoms with van der Waals surface area (Å²) >= 11 is 0. The highest BCUT2D eigenvalue weighted by Crippen LogP contribution is 2.31. The molecule has 124 valence electrons. The van der Waals surface area contributed by atoms with Crippen LogP contribution in [-0.2, 0) is 24.3 Å². The van der Waals surface area contributed by atoms with Gasteiger partial charge >= 0.3 is 16.4 Å². The van der Waals surface area contributed by atoms with Gasteiger partial charge in [0, 0.05) is 12.6 Å². The highest BCUT2D eigenvalue weighted by Gasteiger charge is 2.49. The minimum Gasteiger partial charge on any atom is -0.325 e. The van der Waals surface area contributed by atoms with Crippen molar-refractivity contribution >= 4 is 22.3 Å². The number of amides is 3. The van der Waals surface area contributed by atoms with Crippen molar-refractivity contribution in [3.8, 4) is 0 Å². The lowest BCUT2D eigenvalue weighted by Crippen LogP contribution is -2.50. The second kappa shape index (κ2) is 5.31. The van der Waals surface area contributed by atoms with Gasteiger partial charge in [0.1, 0.15) is 12.1 Å². The lowest BCUT2D eigenvalue weighted by molar-refractivity contribution is -0.140. The highest BCUT2D eigenvalue weighted by atomic mass is 32.3. The molecule has 22 heavy (non-hydrogen) atoms. The maximum atomic E-state index is 12.1. The van der Waals surface area contributed by atoms with Gasteiger partial charge in [-0.2, -0.15) is 13.5 Å². The van der Waals surface area contributed by atoms with Crippen molar-refractivity contribution in [1.29, 1.82) is 0 Å². The van der Waals surface area contributed by atoms with Crippen LogP contribution in [0.15, 0.2) is 0 Å². The number of hydrogen-bond acceptors (Lipinski definition) is 7. The van der Waals surface area contributed by atoms with Gasteiger partial charge in [-0.3, -0.25) is 14.2 Å². The van der Waals surface area contributed by atoms with E-state index in [9.17, 15) is 18.0 Å². The molecule has 0 aromatic carbocycles. The fourth-order valence-electron chi connectivity index (χ4n) is 2.63. The van der Waals surface area contributed by atoms with E-state index in [1.165, 1.54) is 4.90 Å². The molecule has 0 aromatic heterocycles. The van der Waals surface area contributed by atoms with E-state index >= 15 is 0 Å². The zero-order chi connectivity index (χ0) is 16.1. The van der Waals surface area contributed by atoms with Crippen molar-refractivity contribution in [2.24, 2.45) is 5.73 Å². The number of hydroxylamine groups is 3. The topological polar surface area (TPSA) is 151 Å². The van der Waals surface area contributed by atoms with Crippen LogP contribution >= 0.6 is 0 Å². The van der Waals surface area contributed by atoms with Gasteiger partial charge in [0.2, 0.25) is 0 Å². The molecule has 2 bridgehead atoms. The second-order valence-corrected chi connectivity index (χ2v) is 6.54. The van der Waals surface area contributed by atoms with Crippen LogP contribution in [0.5, 0.6) is 0 Å². The first-order valence-electron chi connectivity index (χ1n) is 6.74. The number of nitrogens with two attached hydrogens (primary N) is 1. The summed E-state index contributed by atoms with van der Waals surface area (Å²) in [6.45, 7) is 0.134. The van der Waals surface area contributed by atoms with Gasteiger partial charge in [0.15, 0.2) is 0 Å². The molecule has 2 saturated heterocycles. The molecular formula is C10H16N4O7S. The van der Waals surface area contributed by atoms with E-state index in [2.05, 4.69) is 9.76 Å². The summed E-state index contributed by atoms with van der Waals surface area (Å²) in [5.41, 5.74) is 7.82. The molecule has 1 aliphatic carbocycles. The molecule has 4 atom stereocenters. The van der Waals surface area contributed by atoms with Crippen LogP contribution < -0.4 is 11.2 Å². The Kier molecular flexibility index (Phi) is 3.72. The summed E-state index contributed by atoms with van der Waals surface area (Å²) in [4.78, 5) is 30.4. The van der Waals surface area contributed by atoms with Crippen LogP contribution in [0.25, 0.3) is 0 Å². The summed E-state index contributed by atoms with van der Waals surface area (Å²) in [6, 6.07) is -2.20. The van der Waals surface area contributed by atoms with E-state index in [1.54, 1.807) is 0 Å². The number of carbonyl (C=O) groups is 2. The molecule has 0 spiro atoms. The summed E-state index contributed by atoms with van der Waals surface area (Å²) in [6.07, 6.45) is 1.13. The van der Waals surface area contributed by atoms with E-state index < -0.39 is 34.4 Å². The number of hydrogen-bond donors (Lipinski definition) is 3. The van der Waals surface area contributed by atoms with Gasteiger partial charge in [-0.25, -0.2) is 10.3 Å². The molecule has 2 aliphatic heterocycles. The van der Waals surface area contributed by atoms with Crippen LogP contribution in [0.2, 0.25) is 0 Å². The molecule has 0 radical (unpaired) electrons. The third-order valence-corrected chi connectivity index (χ3v) is 4.24. The smallest absolute Gasteiger partial charge is 0.325 e. The molecule has 4 N–H and O–H groups in total. The van der Waals surface area contributed by atoms with Crippen LogP contribution in [0.1, 0.15) is 19.3 Å². The van der Waals surface area contributed by atoms with Crippen LogP contribution in [0.4, 0.5) is 4.79 Å². The first-order chi connectivity index (χ1) is 10.3. The molecule has 3 rings (SSSR count). The molecule has 12 heteroatoms. The minimum atomic E-state index is -4.80. The van der Waals surface area contributed by atoms with E-state index in [-0.39, 0.29) is 18.7 Å². The SMILES string of the molecule is NC1CC1ONC(=O)[C@@H]1CCC2CN1C(=O)N2OS(=O)(=O)O. The average molecular weight is 336 g/mol. The zero-order valence-electron chi connectivity index (χ0n) is 11.4. The number of urea groups is 1. The van der Waals surface area contributed by atoms with Crippen molar-refractivity contribution in [3.63, 3.8) is 0 Å². The average Bonchev–Trinajstić information content (AvgIpc) is 3.10. The highest BCUT2D eigenvalue weighted by molar-refractivity contribution is 7.80. The van der Waals surface area contributed by atoms with E-state index in [0.29, 0.717) is 24.3 Å². The van der Waals surface area contributed by atoms with Gasteiger partial charge in [-0.15, -0.1) is 4.28 Å². The largest absolute Gasteiger partial charge is 0.418 e. The molecule has 11 nitrogen and oxygen atoms in total. The molecule has 2 heterocycles. The Bertz CT molecular complexity index is 596. The Morgan fingerprint density at radius 1 is 1.41 bits per heavy atom. The second-order valence-electron chi connectivity index (χ2n) is 5.53. The van der Waals surface area contributed by atoms with Crippen LogP contribution in [-0.4, -0.2) is 65.6 Å². The molecule has 0 aromatic rings. The fourth-order valence-corrected chi connectivity index (χ4v) is 3.02. The molecule has 1 saturated carbocycles. The third kappa shape index (κ3) is 3.01. The monoisotopic (exact) mass is 336 g/mol. The maximum absolute atomic E-state index is 12.1. The Labute approximate surface area is 126 Å². The van der Waals surface area contributed by atoms with E-state index in [0.717, 1.165) is 0 Å². The number of nitrogens with one attached hydrogen (secondary N) is 1. The third-order valence-electron chi connectivity index (χ3n) is 3.89. The number of nitrogens with zero attached hydrogens (tertiary/aromatic N) is 2. The summed E-state index contributed by atoms with van der Waals surface area (Å²) in [5.74, 6) is -0.500. The van der Waals surface area contributed by atoms with Gasteiger partial charge in [0.25, 0.3) is 5.91 Å². The predicted octanol–water partition coefficient (Wildman–Crippen LogP) is -1.86. The van der Waals surface area contributed by atoms with Crippen molar-refractivity contribution in [2.45, 2.75) is 43.5 Å². The van der Waals surface area contributed by atoms with Crippen LogP contribution in [0, 0.1) is 0 Å². The summed E-state index contributed by atoms with van der Waals surface area (Å²) < 4.78 is 34.5. The van der Waals surface area contributed by atoms with Crippen molar-refractivity contribution < 1.29 is 31.7 Å². The standard InChI is InChI=1S/C10H16N4O7S/c11-6-3-8(6)20-12-9(15)7-2-1-5-4-13(7)10(16)14(5)21-22(17,18)19/h5-8H,1-4,11H2,(H,12,15)(H,17,18,19)/t5?,6?,7-,8?/m0/s1. The lowest BCUT2D eigenvalue weighted by atomic mass is 10.0. The zero-order valence-corrected chi connectivity index (χ0v) is 12.2. The summed E-state index contributed by atoms with van der Waals surface area (Å²) in [5, 5.41) is 0.584. The Morgan fingerprint density at radius 3 is 2.68 bits per heavy atom. The molecular weight excluding hydrogens is 320 g/mol. The number of rotatable bonds is 5. The molecule has 3 fully saturated rings. The number of fused-ring (bicyclic) bond motifs is 2. The summed E-state index contributed by atoms with van der Waals surface area (Å²) in [7, 11) is -4.80. The first kappa shape index (κ1) is 15.4. The normalized spacial score (nSPS) is 34.0. The van der Waals surface area contributed by atoms with E-state index in [1.807, 2.05) is 0 Å². The van der Waals surface area contributed by atoms with Gasteiger partial charge in [-0.1, -0.05) is 0 Å². The fraction of sp³-hybridized carbons (Fsp3) is 0.800. The van der Waals surface area contributed by atoms with Crippen molar-refractivity contribution in [1.82, 2.24) is 15.4 Å². The molecule has 3 amide bonds. The van der Waals surface area contributed by atoms with Gasteiger partial charge in [0.05, 0.1) is 6.04 Å². The lowest BCUT2D eigenvalue weighted by Gasteiger charge is -2.28. The molecule has 3 aliphatic rings. The van der Waals surface area contributed by atoms with Crippen molar-refractivity contribution in [2.75, 3.05) is 6.54 Å². The van der Waals surface area contributed by atoms with Crippen molar-refractivity contribution in [3.05, 3.63) is 0 Å². The van der Waals surface area contributed by atoms with Gasteiger partial charge in [-0.05, 0) is 19.3 Å². The van der Waals surface area contributed by atoms with Gasteiger partial charge < -0.3 is 10.6 Å². The quantitative estimate of drug-likeness (QED) is 0.390. The maximum Gasteiger partial charge on any atom is 0.418 e.